The summed E-state index contributed by atoms with van der Waals surface area (Å²) in [5, 5.41) is 36.4. The summed E-state index contributed by atoms with van der Waals surface area (Å²) in [5.41, 5.74) is 5.51. The minimum Gasteiger partial charge on any atom is -0.391 e. The van der Waals surface area contributed by atoms with Crippen LogP contribution >= 0.6 is 11.6 Å². The number of rotatable bonds is 7. The fraction of sp³-hybridized carbons (Fsp3) is 0.360. The van der Waals surface area contributed by atoms with Gasteiger partial charge in [0.1, 0.15) is 0 Å². The molecule has 2 aliphatic rings. The maximum atomic E-state index is 13.0. The summed E-state index contributed by atoms with van der Waals surface area (Å²) < 4.78 is 0. The Morgan fingerprint density at radius 1 is 1.14 bits per heavy atom. The fourth-order valence-electron chi connectivity index (χ4n) is 4.41. The molecule has 186 valence electrons. The van der Waals surface area contributed by atoms with Gasteiger partial charge in [0.15, 0.2) is 12.2 Å². The summed E-state index contributed by atoms with van der Waals surface area (Å²) in [6, 6.07) is 13.0. The van der Waals surface area contributed by atoms with Crippen molar-refractivity contribution in [2.45, 2.75) is 43.7 Å². The Morgan fingerprint density at radius 2 is 1.89 bits per heavy atom. The van der Waals surface area contributed by atoms with Crippen LogP contribution in [0, 0.1) is 0 Å². The van der Waals surface area contributed by atoms with Gasteiger partial charge in [-0.15, -0.1) is 0 Å². The molecule has 0 unspecified atom stereocenters. The minimum atomic E-state index is -1.98. The average Bonchev–Trinajstić information content (AvgIpc) is 3.53. The number of aliphatic hydroxyl groups is 3. The highest BCUT2D eigenvalue weighted by molar-refractivity contribution is 6.30. The van der Waals surface area contributed by atoms with E-state index < -0.39 is 42.2 Å². The number of aliphatic hydroxyl groups excluding tert-OH is 3. The monoisotopic (exact) mass is 500 g/mol. The topological polar surface area (TPSA) is 125 Å². The Morgan fingerprint density at radius 3 is 2.54 bits per heavy atom. The van der Waals surface area contributed by atoms with E-state index in [1.165, 1.54) is 4.90 Å². The lowest BCUT2D eigenvalue weighted by Gasteiger charge is -2.30. The molecular formula is C25H29ClN4O5. The molecular weight excluding hydrogens is 472 g/mol. The van der Waals surface area contributed by atoms with E-state index in [2.05, 4.69) is 10.7 Å². The lowest BCUT2D eigenvalue weighted by atomic mass is 10.0. The molecule has 35 heavy (non-hydrogen) atoms. The highest BCUT2D eigenvalue weighted by Gasteiger charge is 2.42. The molecule has 2 amide bonds. The number of hydrazine groups is 1. The first kappa shape index (κ1) is 25.2. The smallest absolute Gasteiger partial charge is 0.255 e. The Kier molecular flexibility index (Phi) is 7.73. The average molecular weight is 501 g/mol. The standard InChI is InChI=1S/C25H29ClN4O5/c1-15(16-6-8-19(9-7-16)30-12-3-11-27-30)28-24(34)22(32)23(33)25(35)29-13-10-20(31)21(29)17-4-2-5-18(26)14-17/h2-9,12,14-15,20-23,27,31-33H,10-11,13H2,1H3,(H,28,34)/t15-,20+,21-,22-,23-/m1/s1. The highest BCUT2D eigenvalue weighted by atomic mass is 35.5. The molecule has 9 nitrogen and oxygen atoms in total. The molecule has 2 aromatic carbocycles. The van der Waals surface area contributed by atoms with Crippen LogP contribution in [0.3, 0.4) is 0 Å². The third-order valence-electron chi connectivity index (χ3n) is 6.32. The Hall–Kier alpha value is -2.95. The lowest BCUT2D eigenvalue weighted by Crippen LogP contribution is -2.51. The van der Waals surface area contributed by atoms with Crippen molar-refractivity contribution < 1.29 is 24.9 Å². The van der Waals surface area contributed by atoms with Gasteiger partial charge in [-0.25, -0.2) is 5.43 Å². The predicted molar refractivity (Wildman–Crippen MR) is 131 cm³/mol. The first-order valence-electron chi connectivity index (χ1n) is 11.5. The first-order valence-corrected chi connectivity index (χ1v) is 11.8. The third kappa shape index (κ3) is 5.50. The molecule has 5 atom stereocenters. The van der Waals surface area contributed by atoms with Crippen LogP contribution in [0.1, 0.15) is 36.6 Å². The summed E-state index contributed by atoms with van der Waals surface area (Å²) in [6.45, 7) is 2.67. The second-order valence-electron chi connectivity index (χ2n) is 8.72. The van der Waals surface area contributed by atoms with Gasteiger partial charge in [-0.2, -0.15) is 0 Å². The molecule has 2 heterocycles. The Balaban J connectivity index is 1.39. The van der Waals surface area contributed by atoms with Gasteiger partial charge in [0.05, 0.1) is 23.9 Å². The molecule has 0 radical (unpaired) electrons. The predicted octanol–water partition coefficient (Wildman–Crippen LogP) is 1.41. The summed E-state index contributed by atoms with van der Waals surface area (Å²) in [7, 11) is 0. The van der Waals surface area contributed by atoms with Crippen molar-refractivity contribution in [2.75, 3.05) is 18.1 Å². The van der Waals surface area contributed by atoms with Crippen molar-refractivity contribution in [1.29, 1.82) is 0 Å². The van der Waals surface area contributed by atoms with Crippen molar-refractivity contribution in [3.63, 3.8) is 0 Å². The zero-order valence-electron chi connectivity index (χ0n) is 19.2. The van der Waals surface area contributed by atoms with E-state index in [1.807, 2.05) is 41.6 Å². The number of likely N-dealkylation sites (tertiary alicyclic amines) is 1. The second-order valence-corrected chi connectivity index (χ2v) is 9.15. The quantitative estimate of drug-likeness (QED) is 0.389. The number of hydrogen-bond acceptors (Lipinski definition) is 7. The van der Waals surface area contributed by atoms with Gasteiger partial charge in [-0.05, 0) is 48.7 Å². The number of nitrogens with zero attached hydrogens (tertiary/aromatic N) is 2. The fourth-order valence-corrected chi connectivity index (χ4v) is 4.61. The SMILES string of the molecule is C[C@@H](NC(=O)[C@H](O)[C@@H](O)C(=O)N1CC[C@H](O)[C@H]1c1cccc(Cl)c1)c1ccc(N2C=CCN2)cc1. The van der Waals surface area contributed by atoms with Crippen LogP contribution in [0.5, 0.6) is 0 Å². The molecule has 1 saturated heterocycles. The number of halogens is 1. The number of carbonyl (C=O) groups excluding carboxylic acids is 2. The van der Waals surface area contributed by atoms with Crippen LogP contribution in [-0.2, 0) is 9.59 Å². The largest absolute Gasteiger partial charge is 0.391 e. The summed E-state index contributed by atoms with van der Waals surface area (Å²) in [4.78, 5) is 26.9. The van der Waals surface area contributed by atoms with Crippen LogP contribution in [0.15, 0.2) is 60.8 Å². The van der Waals surface area contributed by atoms with Crippen molar-refractivity contribution in [1.82, 2.24) is 15.6 Å². The van der Waals surface area contributed by atoms with Crippen LogP contribution in [0.4, 0.5) is 5.69 Å². The van der Waals surface area contributed by atoms with Gasteiger partial charge in [0.2, 0.25) is 0 Å². The molecule has 0 aliphatic carbocycles. The molecule has 10 heteroatoms. The number of carbonyl (C=O) groups is 2. The second kappa shape index (κ2) is 10.8. The number of nitrogens with one attached hydrogen (secondary N) is 2. The normalized spacial score (nSPS) is 22.2. The molecule has 0 spiro atoms. The number of amides is 2. The van der Waals surface area contributed by atoms with Crippen molar-refractivity contribution >= 4 is 29.1 Å². The van der Waals surface area contributed by atoms with E-state index >= 15 is 0 Å². The van der Waals surface area contributed by atoms with Gasteiger partial charge in [-0.3, -0.25) is 14.6 Å². The number of anilines is 1. The van der Waals surface area contributed by atoms with Crippen molar-refractivity contribution in [3.8, 4) is 0 Å². The summed E-state index contributed by atoms with van der Waals surface area (Å²) in [5.74, 6) is -1.71. The van der Waals surface area contributed by atoms with Gasteiger partial charge in [0, 0.05) is 24.3 Å². The Labute approximate surface area is 208 Å². The molecule has 0 saturated carbocycles. The zero-order valence-corrected chi connectivity index (χ0v) is 20.0. The molecule has 2 aromatic rings. The van der Waals surface area contributed by atoms with Crippen molar-refractivity contribution in [3.05, 3.63) is 77.0 Å². The van der Waals surface area contributed by atoms with Crippen LogP contribution in [0.25, 0.3) is 0 Å². The number of hydrogen-bond donors (Lipinski definition) is 5. The molecule has 1 fully saturated rings. The van der Waals surface area contributed by atoms with E-state index in [4.69, 9.17) is 11.6 Å². The van der Waals surface area contributed by atoms with Gasteiger partial charge in [0.25, 0.3) is 11.8 Å². The minimum absolute atomic E-state index is 0.173. The van der Waals surface area contributed by atoms with E-state index in [0.29, 0.717) is 17.0 Å². The molecule has 5 N–H and O–H groups in total. The van der Waals surface area contributed by atoms with Crippen molar-refractivity contribution in [2.24, 2.45) is 0 Å². The molecule has 4 rings (SSSR count). The Bertz CT molecular complexity index is 1100. The van der Waals surface area contributed by atoms with Crippen LogP contribution < -0.4 is 15.8 Å². The van der Waals surface area contributed by atoms with Crippen LogP contribution in [-0.4, -0.2) is 63.4 Å². The van der Waals surface area contributed by atoms with Gasteiger partial charge < -0.3 is 25.5 Å². The molecule has 0 bridgehead atoms. The molecule has 0 aromatic heterocycles. The van der Waals surface area contributed by atoms with Crippen LogP contribution in [0.2, 0.25) is 5.02 Å². The maximum absolute atomic E-state index is 13.0. The molecule has 2 aliphatic heterocycles. The van der Waals surface area contributed by atoms with E-state index in [0.717, 1.165) is 17.8 Å². The highest BCUT2D eigenvalue weighted by Crippen LogP contribution is 2.34. The number of benzene rings is 2. The summed E-state index contributed by atoms with van der Waals surface area (Å²) in [6.07, 6.45) is -0.598. The zero-order chi connectivity index (χ0) is 25.1. The van der Waals surface area contributed by atoms with E-state index in [-0.39, 0.29) is 6.54 Å². The summed E-state index contributed by atoms with van der Waals surface area (Å²) >= 11 is 6.06. The van der Waals surface area contributed by atoms with E-state index in [9.17, 15) is 24.9 Å². The first-order chi connectivity index (χ1) is 16.8. The van der Waals surface area contributed by atoms with Gasteiger partial charge >= 0.3 is 0 Å². The van der Waals surface area contributed by atoms with E-state index in [1.54, 1.807) is 31.2 Å². The van der Waals surface area contributed by atoms with Gasteiger partial charge in [-0.1, -0.05) is 41.9 Å². The lowest BCUT2D eigenvalue weighted by molar-refractivity contribution is -0.154. The maximum Gasteiger partial charge on any atom is 0.255 e. The third-order valence-corrected chi connectivity index (χ3v) is 6.56.